The molecule has 0 aliphatic rings. The highest BCUT2D eigenvalue weighted by molar-refractivity contribution is 6.36. The third kappa shape index (κ3) is 3.83. The number of rotatable bonds is 5. The highest BCUT2D eigenvalue weighted by Crippen LogP contribution is 2.30. The van der Waals surface area contributed by atoms with Gasteiger partial charge in [0.05, 0.1) is 29.9 Å². The Morgan fingerprint density at radius 3 is 2.64 bits per heavy atom. The molecular weight excluding hydrogens is 375 g/mol. The van der Waals surface area contributed by atoms with Crippen molar-refractivity contribution in [2.24, 2.45) is 0 Å². The van der Waals surface area contributed by atoms with Crippen molar-refractivity contribution < 1.29 is 17.9 Å². The number of halogens is 4. The van der Waals surface area contributed by atoms with Crippen LogP contribution in [0.5, 0.6) is 5.75 Å². The largest absolute Gasteiger partial charge is 0.494 e. The van der Waals surface area contributed by atoms with Crippen molar-refractivity contribution in [2.75, 3.05) is 12.4 Å². The summed E-state index contributed by atoms with van der Waals surface area (Å²) in [6.07, 6.45) is 0. The number of hydrogen-bond acceptors (Lipinski definition) is 5. The van der Waals surface area contributed by atoms with Gasteiger partial charge >= 0.3 is 0 Å². The van der Waals surface area contributed by atoms with Crippen molar-refractivity contribution in [3.05, 3.63) is 57.9 Å². The lowest BCUT2D eigenvalue weighted by molar-refractivity contribution is 0.383. The quantitative estimate of drug-likeness (QED) is 0.673. The molecule has 0 radical (unpaired) electrons. The number of nitrogens with one attached hydrogen (secondary N) is 1. The van der Waals surface area contributed by atoms with E-state index in [1.165, 1.54) is 7.11 Å². The molecule has 1 N–H and O–H groups in total. The molecule has 2 aromatic carbocycles. The van der Waals surface area contributed by atoms with Crippen LogP contribution < -0.4 is 10.1 Å². The van der Waals surface area contributed by atoms with Gasteiger partial charge in [-0.3, -0.25) is 0 Å². The van der Waals surface area contributed by atoms with Crippen molar-refractivity contribution in [1.82, 2.24) is 10.2 Å². The summed E-state index contributed by atoms with van der Waals surface area (Å²) in [5, 5.41) is 11.3. The molecule has 1 heterocycles. The molecule has 0 saturated carbocycles. The van der Waals surface area contributed by atoms with Crippen LogP contribution in [0.4, 0.5) is 14.5 Å². The number of benzene rings is 2. The van der Waals surface area contributed by atoms with E-state index >= 15 is 0 Å². The van der Waals surface area contributed by atoms with Gasteiger partial charge in [0.25, 0.3) is 0 Å². The SMILES string of the molecule is COc1cc(F)c(NCc2nnc(-c3ccc(Cl)cc3Cl)o2)cc1F. The van der Waals surface area contributed by atoms with E-state index in [4.69, 9.17) is 32.4 Å². The Bertz CT molecular complexity index is 918. The van der Waals surface area contributed by atoms with Crippen molar-refractivity contribution in [3.63, 3.8) is 0 Å². The van der Waals surface area contributed by atoms with E-state index in [1.807, 2.05) is 0 Å². The normalized spacial score (nSPS) is 10.8. The van der Waals surface area contributed by atoms with Crippen LogP contribution in [-0.2, 0) is 6.54 Å². The minimum atomic E-state index is -0.689. The summed E-state index contributed by atoms with van der Waals surface area (Å²) < 4.78 is 37.7. The van der Waals surface area contributed by atoms with E-state index in [2.05, 4.69) is 15.5 Å². The Morgan fingerprint density at radius 1 is 1.12 bits per heavy atom. The standard InChI is InChI=1S/C16H11Cl2F2N3O2/c1-24-14-6-11(19)13(5-12(14)20)21-7-15-22-23-16(25-15)9-3-2-8(17)4-10(9)18/h2-6,21H,7H2,1H3. The Hall–Kier alpha value is -2.38. The summed E-state index contributed by atoms with van der Waals surface area (Å²) >= 11 is 11.9. The van der Waals surface area contributed by atoms with E-state index in [9.17, 15) is 8.78 Å². The second-order valence-electron chi connectivity index (χ2n) is 4.95. The molecule has 0 spiro atoms. The summed E-state index contributed by atoms with van der Waals surface area (Å²) in [4.78, 5) is 0. The van der Waals surface area contributed by atoms with E-state index in [1.54, 1.807) is 18.2 Å². The van der Waals surface area contributed by atoms with Crippen LogP contribution in [0.1, 0.15) is 5.89 Å². The topological polar surface area (TPSA) is 60.2 Å². The first-order valence-electron chi connectivity index (χ1n) is 7.02. The molecule has 0 fully saturated rings. The molecule has 9 heteroatoms. The van der Waals surface area contributed by atoms with Crippen molar-refractivity contribution >= 4 is 28.9 Å². The molecule has 0 aliphatic heterocycles. The Kier molecular flexibility index (Phi) is 5.06. The number of anilines is 1. The van der Waals surface area contributed by atoms with Gasteiger partial charge in [-0.25, -0.2) is 8.78 Å². The first-order valence-corrected chi connectivity index (χ1v) is 7.78. The summed E-state index contributed by atoms with van der Waals surface area (Å²) in [5.41, 5.74) is 0.467. The minimum absolute atomic E-state index is 0.000890. The maximum absolute atomic E-state index is 13.9. The van der Waals surface area contributed by atoms with Gasteiger partial charge in [-0.15, -0.1) is 10.2 Å². The number of nitrogens with zero attached hydrogens (tertiary/aromatic N) is 2. The summed E-state index contributed by atoms with van der Waals surface area (Å²) in [7, 11) is 1.26. The molecular formula is C16H11Cl2F2N3O2. The fraction of sp³-hybridized carbons (Fsp3) is 0.125. The highest BCUT2D eigenvalue weighted by Gasteiger charge is 2.14. The van der Waals surface area contributed by atoms with E-state index < -0.39 is 11.6 Å². The monoisotopic (exact) mass is 385 g/mol. The molecule has 0 aliphatic carbocycles. The van der Waals surface area contributed by atoms with E-state index in [0.717, 1.165) is 12.1 Å². The van der Waals surface area contributed by atoms with Crippen LogP contribution in [0.2, 0.25) is 10.0 Å². The van der Waals surface area contributed by atoms with Gasteiger partial charge in [-0.2, -0.15) is 0 Å². The predicted molar refractivity (Wildman–Crippen MR) is 90.0 cm³/mol. The molecule has 25 heavy (non-hydrogen) atoms. The molecule has 5 nitrogen and oxygen atoms in total. The number of aromatic nitrogens is 2. The Balaban J connectivity index is 1.75. The third-order valence-corrected chi connectivity index (χ3v) is 3.85. The lowest BCUT2D eigenvalue weighted by Gasteiger charge is -2.08. The summed E-state index contributed by atoms with van der Waals surface area (Å²) in [6, 6.07) is 6.77. The van der Waals surface area contributed by atoms with Gasteiger partial charge in [0.1, 0.15) is 5.82 Å². The molecule has 0 unspecified atom stereocenters. The molecule has 130 valence electrons. The van der Waals surface area contributed by atoms with Crippen LogP contribution in [0, 0.1) is 11.6 Å². The first-order chi connectivity index (χ1) is 12.0. The van der Waals surface area contributed by atoms with Crippen molar-refractivity contribution in [2.45, 2.75) is 6.54 Å². The second kappa shape index (κ2) is 7.25. The Morgan fingerprint density at radius 2 is 1.92 bits per heavy atom. The minimum Gasteiger partial charge on any atom is -0.494 e. The predicted octanol–water partition coefficient (Wildman–Crippen LogP) is 4.94. The zero-order valence-electron chi connectivity index (χ0n) is 12.8. The Labute approximate surface area is 151 Å². The van der Waals surface area contributed by atoms with Crippen LogP contribution in [0.3, 0.4) is 0 Å². The van der Waals surface area contributed by atoms with E-state index in [-0.39, 0.29) is 29.8 Å². The summed E-state index contributed by atoms with van der Waals surface area (Å²) in [6.45, 7) is 0.000890. The zero-order valence-corrected chi connectivity index (χ0v) is 14.3. The van der Waals surface area contributed by atoms with Gasteiger partial charge in [0.2, 0.25) is 11.8 Å². The molecule has 3 rings (SSSR count). The van der Waals surface area contributed by atoms with E-state index in [0.29, 0.717) is 15.6 Å². The number of ether oxygens (including phenoxy) is 1. The molecule has 1 aromatic heterocycles. The van der Waals surface area contributed by atoms with Crippen molar-refractivity contribution in [1.29, 1.82) is 0 Å². The summed E-state index contributed by atoms with van der Waals surface area (Å²) in [5.74, 6) is -1.17. The maximum Gasteiger partial charge on any atom is 0.249 e. The van der Waals surface area contributed by atoms with Gasteiger partial charge in [0.15, 0.2) is 11.6 Å². The lowest BCUT2D eigenvalue weighted by atomic mass is 10.2. The average Bonchev–Trinajstić information content (AvgIpc) is 3.04. The number of methoxy groups -OCH3 is 1. The maximum atomic E-state index is 13.9. The zero-order chi connectivity index (χ0) is 18.0. The second-order valence-corrected chi connectivity index (χ2v) is 5.79. The fourth-order valence-corrected chi connectivity index (χ4v) is 2.58. The number of hydrogen-bond donors (Lipinski definition) is 1. The van der Waals surface area contributed by atoms with Gasteiger partial charge in [-0.1, -0.05) is 23.2 Å². The van der Waals surface area contributed by atoms with Crippen LogP contribution >= 0.6 is 23.2 Å². The fourth-order valence-electron chi connectivity index (χ4n) is 2.09. The van der Waals surface area contributed by atoms with Crippen LogP contribution in [0.15, 0.2) is 34.7 Å². The molecule has 0 atom stereocenters. The van der Waals surface area contributed by atoms with Crippen molar-refractivity contribution in [3.8, 4) is 17.2 Å². The first kappa shape index (κ1) is 17.4. The molecule has 3 aromatic rings. The average molecular weight is 386 g/mol. The van der Waals surface area contributed by atoms with Gasteiger partial charge in [-0.05, 0) is 18.2 Å². The van der Waals surface area contributed by atoms with Crippen LogP contribution in [0.25, 0.3) is 11.5 Å². The highest BCUT2D eigenvalue weighted by atomic mass is 35.5. The van der Waals surface area contributed by atoms with Crippen LogP contribution in [-0.4, -0.2) is 17.3 Å². The molecule has 0 bridgehead atoms. The lowest BCUT2D eigenvalue weighted by Crippen LogP contribution is -2.03. The third-order valence-electron chi connectivity index (χ3n) is 3.30. The van der Waals surface area contributed by atoms with Gasteiger partial charge in [0, 0.05) is 17.2 Å². The molecule has 0 amide bonds. The smallest absolute Gasteiger partial charge is 0.249 e. The molecule has 0 saturated heterocycles. The van der Waals surface area contributed by atoms with Gasteiger partial charge < -0.3 is 14.5 Å².